The van der Waals surface area contributed by atoms with E-state index in [0.717, 1.165) is 0 Å². The lowest BCUT2D eigenvalue weighted by Crippen LogP contribution is -2.11. The molecule has 0 aromatic heterocycles. The summed E-state index contributed by atoms with van der Waals surface area (Å²) in [6, 6.07) is 19.3. The second-order valence-corrected chi connectivity index (χ2v) is 10.4. The minimum absolute atomic E-state index is 0.143. The van der Waals surface area contributed by atoms with E-state index in [1.807, 2.05) is 0 Å². The Hall–Kier alpha value is -2.68. The highest BCUT2D eigenvalue weighted by Gasteiger charge is 2.28. The predicted molar refractivity (Wildman–Crippen MR) is 113 cm³/mol. The fraction of sp³-hybridized carbons (Fsp3) is 0.0500. The zero-order valence-corrected chi connectivity index (χ0v) is 17.3. The van der Waals surface area contributed by atoms with Gasteiger partial charge in [0.15, 0.2) is 15.7 Å². The van der Waals surface area contributed by atoms with Crippen LogP contribution in [0.3, 0.4) is 0 Å². The molecule has 0 unspecified atom stereocenters. The van der Waals surface area contributed by atoms with Crippen LogP contribution >= 0.6 is 11.6 Å². The number of nitrogens with one attached hydrogen (secondary N) is 1. The smallest absolute Gasteiger partial charge is 0.285 e. The van der Waals surface area contributed by atoms with E-state index in [9.17, 15) is 16.8 Å². The Kier molecular flexibility index (Phi) is 4.94. The van der Waals surface area contributed by atoms with Gasteiger partial charge in [0.2, 0.25) is 0 Å². The molecule has 0 atom stereocenters. The molecule has 1 aliphatic rings. The van der Waals surface area contributed by atoms with Gasteiger partial charge in [0.25, 0.3) is 10.0 Å². The number of halogens is 1. The van der Waals surface area contributed by atoms with Gasteiger partial charge >= 0.3 is 0 Å². The number of benzene rings is 3. The van der Waals surface area contributed by atoms with Crippen molar-refractivity contribution in [2.75, 3.05) is 5.32 Å². The minimum atomic E-state index is -3.72. The molecule has 0 fully saturated rings. The zero-order valence-electron chi connectivity index (χ0n) is 14.9. The first kappa shape index (κ1) is 19.6. The number of amidine groups is 1. The molecule has 0 saturated carbocycles. The van der Waals surface area contributed by atoms with Crippen LogP contribution in [-0.4, -0.2) is 22.7 Å². The van der Waals surface area contributed by atoms with Crippen molar-refractivity contribution in [3.05, 3.63) is 88.9 Å². The van der Waals surface area contributed by atoms with Gasteiger partial charge in [-0.05, 0) is 54.1 Å². The fourth-order valence-electron chi connectivity index (χ4n) is 2.96. The quantitative estimate of drug-likeness (QED) is 0.656. The summed E-state index contributed by atoms with van der Waals surface area (Å²) in [7, 11) is -7.26. The molecule has 1 aliphatic heterocycles. The zero-order chi connectivity index (χ0) is 20.6. The van der Waals surface area contributed by atoms with Crippen LogP contribution in [0.15, 0.2) is 87.0 Å². The van der Waals surface area contributed by atoms with Crippen molar-refractivity contribution in [3.8, 4) is 0 Å². The highest BCUT2D eigenvalue weighted by atomic mass is 35.5. The van der Waals surface area contributed by atoms with Crippen molar-refractivity contribution in [2.24, 2.45) is 4.40 Å². The van der Waals surface area contributed by atoms with Crippen LogP contribution in [-0.2, 0) is 25.6 Å². The molecule has 0 radical (unpaired) electrons. The largest absolute Gasteiger partial charge is 0.339 e. The third-order valence-electron chi connectivity index (χ3n) is 4.38. The Morgan fingerprint density at radius 2 is 1.55 bits per heavy atom. The van der Waals surface area contributed by atoms with Crippen LogP contribution in [0.25, 0.3) is 0 Å². The maximum atomic E-state index is 12.6. The second kappa shape index (κ2) is 7.29. The lowest BCUT2D eigenvalue weighted by molar-refractivity contribution is 0.594. The standard InChI is InChI=1S/C20H15ClN2O4S2/c21-15-7-5-14(6-8-15)13-28(24,25)17-11-9-16(10-12-17)22-20-18-3-1-2-4-19(18)29(26,27)23-20/h1-12H,13H2,(H,22,23). The van der Waals surface area contributed by atoms with Crippen molar-refractivity contribution >= 4 is 43.0 Å². The number of nitrogens with zero attached hydrogens (tertiary/aromatic N) is 1. The normalized spacial score (nSPS) is 14.9. The summed E-state index contributed by atoms with van der Waals surface area (Å²) in [6.45, 7) is 0. The lowest BCUT2D eigenvalue weighted by Gasteiger charge is -2.09. The number of hydrogen-bond acceptors (Lipinski definition) is 5. The highest BCUT2D eigenvalue weighted by molar-refractivity contribution is 7.91. The molecule has 0 spiro atoms. The van der Waals surface area contributed by atoms with E-state index in [2.05, 4.69) is 9.71 Å². The van der Waals surface area contributed by atoms with Gasteiger partial charge in [-0.25, -0.2) is 8.42 Å². The van der Waals surface area contributed by atoms with Crippen LogP contribution in [0.5, 0.6) is 0 Å². The average molecular weight is 447 g/mol. The first-order valence-corrected chi connectivity index (χ1v) is 12.0. The van der Waals surface area contributed by atoms with E-state index in [1.54, 1.807) is 54.6 Å². The molecule has 0 saturated heterocycles. The van der Waals surface area contributed by atoms with Gasteiger partial charge in [-0.1, -0.05) is 35.9 Å². The summed E-state index contributed by atoms with van der Waals surface area (Å²) in [4.78, 5) is 0.309. The number of sulfone groups is 1. The summed E-state index contributed by atoms with van der Waals surface area (Å²) in [5.74, 6) is 0.0623. The van der Waals surface area contributed by atoms with E-state index >= 15 is 0 Å². The fourth-order valence-corrected chi connectivity index (χ4v) is 5.61. The van der Waals surface area contributed by atoms with Crippen molar-refractivity contribution in [1.29, 1.82) is 0 Å². The first-order chi connectivity index (χ1) is 13.7. The van der Waals surface area contributed by atoms with Gasteiger partial charge in [-0.3, -0.25) is 0 Å². The maximum Gasteiger partial charge on any atom is 0.285 e. The Labute approximate surface area is 173 Å². The summed E-state index contributed by atoms with van der Waals surface area (Å²) in [6.07, 6.45) is 0. The van der Waals surface area contributed by atoms with Gasteiger partial charge in [0.1, 0.15) is 4.90 Å². The Balaban J connectivity index is 1.55. The summed E-state index contributed by atoms with van der Waals surface area (Å²) in [5, 5.41) is 3.49. The number of sulfonamides is 1. The molecule has 0 bridgehead atoms. The molecule has 29 heavy (non-hydrogen) atoms. The van der Waals surface area contributed by atoms with Crippen LogP contribution in [0.4, 0.5) is 5.69 Å². The number of anilines is 1. The van der Waals surface area contributed by atoms with Crippen molar-refractivity contribution in [3.63, 3.8) is 0 Å². The summed E-state index contributed by atoms with van der Waals surface area (Å²) < 4.78 is 53.3. The molecule has 1 N–H and O–H groups in total. The molecular formula is C20H15ClN2O4S2. The SMILES string of the molecule is O=S(=O)(Cc1ccc(Cl)cc1)c1ccc(NC2=NS(=O)(=O)c3ccccc32)cc1. The second-order valence-electron chi connectivity index (χ2n) is 6.45. The minimum Gasteiger partial charge on any atom is -0.339 e. The molecule has 4 rings (SSSR count). The molecular weight excluding hydrogens is 432 g/mol. The lowest BCUT2D eigenvalue weighted by atomic mass is 10.2. The molecule has 3 aromatic rings. The average Bonchev–Trinajstić information content (AvgIpc) is 2.94. The summed E-state index contributed by atoms with van der Waals surface area (Å²) >= 11 is 5.83. The van der Waals surface area contributed by atoms with Crippen molar-refractivity contribution in [1.82, 2.24) is 0 Å². The third-order valence-corrected chi connectivity index (χ3v) is 7.67. The van der Waals surface area contributed by atoms with Gasteiger partial charge in [-0.2, -0.15) is 8.42 Å². The highest BCUT2D eigenvalue weighted by Crippen LogP contribution is 2.27. The third kappa shape index (κ3) is 4.05. The van der Waals surface area contributed by atoms with E-state index in [0.29, 0.717) is 21.8 Å². The van der Waals surface area contributed by atoms with Gasteiger partial charge in [0, 0.05) is 16.3 Å². The molecule has 0 amide bonds. The molecule has 3 aromatic carbocycles. The van der Waals surface area contributed by atoms with E-state index in [4.69, 9.17) is 11.6 Å². The number of hydrogen-bond donors (Lipinski definition) is 1. The molecule has 148 valence electrons. The topological polar surface area (TPSA) is 92.7 Å². The van der Waals surface area contributed by atoms with Gasteiger partial charge in [0.05, 0.1) is 10.6 Å². The van der Waals surface area contributed by atoms with Crippen LogP contribution in [0, 0.1) is 0 Å². The Morgan fingerprint density at radius 1 is 0.897 bits per heavy atom. The first-order valence-electron chi connectivity index (χ1n) is 8.53. The molecule has 6 nitrogen and oxygen atoms in total. The number of fused-ring (bicyclic) bond motifs is 1. The molecule has 9 heteroatoms. The van der Waals surface area contributed by atoms with Gasteiger partial charge in [-0.15, -0.1) is 4.40 Å². The van der Waals surface area contributed by atoms with E-state index in [-0.39, 0.29) is 21.4 Å². The monoisotopic (exact) mass is 446 g/mol. The van der Waals surface area contributed by atoms with Crippen molar-refractivity contribution < 1.29 is 16.8 Å². The van der Waals surface area contributed by atoms with Crippen molar-refractivity contribution in [2.45, 2.75) is 15.5 Å². The molecule has 0 aliphatic carbocycles. The Bertz CT molecular complexity index is 1320. The number of rotatable bonds is 4. The Morgan fingerprint density at radius 3 is 2.24 bits per heavy atom. The van der Waals surface area contributed by atoms with Crippen LogP contribution in [0.2, 0.25) is 5.02 Å². The maximum absolute atomic E-state index is 12.6. The van der Waals surface area contributed by atoms with Crippen LogP contribution < -0.4 is 5.32 Å². The predicted octanol–water partition coefficient (Wildman–Crippen LogP) is 3.87. The van der Waals surface area contributed by atoms with Gasteiger partial charge < -0.3 is 5.32 Å². The molecule has 1 heterocycles. The van der Waals surface area contributed by atoms with E-state index in [1.165, 1.54) is 18.2 Å². The summed E-state index contributed by atoms with van der Waals surface area (Å²) in [5.41, 5.74) is 1.65. The van der Waals surface area contributed by atoms with Crippen LogP contribution in [0.1, 0.15) is 11.1 Å². The van der Waals surface area contributed by atoms with E-state index < -0.39 is 19.9 Å².